The van der Waals surface area contributed by atoms with Crippen LogP contribution < -0.4 is 16.0 Å². The molecule has 5 nitrogen and oxygen atoms in total. The van der Waals surface area contributed by atoms with Crippen molar-refractivity contribution >= 4 is 5.91 Å². The van der Waals surface area contributed by atoms with E-state index in [1.165, 1.54) is 0 Å². The fourth-order valence-electron chi connectivity index (χ4n) is 2.02. The molecule has 0 fully saturated rings. The van der Waals surface area contributed by atoms with E-state index in [0.29, 0.717) is 0 Å². The van der Waals surface area contributed by atoms with Gasteiger partial charge in [-0.15, -0.1) is 0 Å². The number of carbonyl (C=O) groups excluding carboxylic acids is 1. The predicted molar refractivity (Wildman–Crippen MR) is 75.7 cm³/mol. The number of carbonyl (C=O) groups is 1. The number of methoxy groups -OCH3 is 1. The molecule has 1 rings (SSSR count). The Balaban J connectivity index is 2.73. The number of likely N-dealkylation sites (N-methyl/N-ethyl adjacent to an activating group) is 1. The molecular weight excluding hydrogens is 242 g/mol. The molecule has 0 aliphatic rings. The molecule has 106 valence electrons. The quantitative estimate of drug-likeness (QED) is 0.456. The first-order valence-corrected chi connectivity index (χ1v) is 6.35. The molecule has 0 bridgehead atoms. The topological polar surface area (TPSA) is 67.6 Å². The second-order valence-corrected chi connectivity index (χ2v) is 4.72. The third-order valence-electron chi connectivity index (χ3n) is 3.54. The Morgan fingerprint density at radius 1 is 1.42 bits per heavy atom. The summed E-state index contributed by atoms with van der Waals surface area (Å²) in [6.45, 7) is 3.91. The first-order valence-electron chi connectivity index (χ1n) is 6.35. The smallest absolute Gasteiger partial charge is 0.250 e. The highest BCUT2D eigenvalue weighted by molar-refractivity contribution is 5.80. The summed E-state index contributed by atoms with van der Waals surface area (Å²) < 4.78 is 5.34. The minimum Gasteiger partial charge on any atom is -0.496 e. The minimum absolute atomic E-state index is 0.186. The first-order chi connectivity index (χ1) is 9.01. The lowest BCUT2D eigenvalue weighted by molar-refractivity contribution is -0.126. The molecule has 0 aliphatic carbocycles. The van der Waals surface area contributed by atoms with E-state index >= 15 is 0 Å². The Bertz CT molecular complexity index is 423. The molecule has 19 heavy (non-hydrogen) atoms. The van der Waals surface area contributed by atoms with Gasteiger partial charge in [0.2, 0.25) is 0 Å². The van der Waals surface area contributed by atoms with Gasteiger partial charge in [0.05, 0.1) is 13.2 Å². The number of hydrazine groups is 1. The Labute approximate surface area is 114 Å². The number of nitrogens with two attached hydrogens (primary N) is 1. The van der Waals surface area contributed by atoms with Gasteiger partial charge in [-0.3, -0.25) is 15.1 Å². The fourth-order valence-corrected chi connectivity index (χ4v) is 2.02. The number of rotatable bonds is 6. The van der Waals surface area contributed by atoms with Crippen LogP contribution in [0.5, 0.6) is 5.75 Å². The van der Waals surface area contributed by atoms with Crippen LogP contribution in [0.1, 0.15) is 19.4 Å². The van der Waals surface area contributed by atoms with Crippen LogP contribution in [0, 0.1) is 0 Å². The van der Waals surface area contributed by atoms with Crippen molar-refractivity contribution in [1.29, 1.82) is 0 Å². The second kappa shape index (κ2) is 7.11. The van der Waals surface area contributed by atoms with E-state index in [1.807, 2.05) is 43.1 Å². The van der Waals surface area contributed by atoms with Gasteiger partial charge in [-0.25, -0.2) is 5.84 Å². The van der Waals surface area contributed by atoms with Crippen molar-refractivity contribution in [1.82, 2.24) is 10.3 Å². The maximum atomic E-state index is 11.5. The normalized spacial score (nSPS) is 14.0. The van der Waals surface area contributed by atoms with Crippen molar-refractivity contribution in [2.24, 2.45) is 5.84 Å². The van der Waals surface area contributed by atoms with Crippen LogP contribution in [0.25, 0.3) is 0 Å². The van der Waals surface area contributed by atoms with Crippen molar-refractivity contribution in [2.45, 2.75) is 32.4 Å². The Kier molecular flexibility index (Phi) is 5.79. The molecule has 2 atom stereocenters. The molecule has 0 aliphatic heterocycles. The largest absolute Gasteiger partial charge is 0.496 e. The molecule has 0 aromatic heterocycles. The molecule has 2 unspecified atom stereocenters. The standard InChI is InChI=1S/C14H23N3O2/c1-10(17(3)11(2)14(18)16-15)9-12-7-5-6-8-13(12)19-4/h5-8,10-11H,9,15H2,1-4H3,(H,16,18). The molecular formula is C14H23N3O2. The van der Waals surface area contributed by atoms with Crippen LogP contribution in [0.4, 0.5) is 0 Å². The lowest BCUT2D eigenvalue weighted by Crippen LogP contribution is -2.49. The number of para-hydroxylation sites is 1. The summed E-state index contributed by atoms with van der Waals surface area (Å²) in [5, 5.41) is 0. The number of ether oxygens (including phenoxy) is 1. The van der Waals surface area contributed by atoms with Crippen LogP contribution in [0.2, 0.25) is 0 Å². The average Bonchev–Trinajstić information content (AvgIpc) is 2.45. The third kappa shape index (κ3) is 3.94. The van der Waals surface area contributed by atoms with E-state index in [-0.39, 0.29) is 18.0 Å². The van der Waals surface area contributed by atoms with Gasteiger partial charge in [0.1, 0.15) is 5.75 Å². The maximum absolute atomic E-state index is 11.5. The Morgan fingerprint density at radius 3 is 2.63 bits per heavy atom. The zero-order valence-electron chi connectivity index (χ0n) is 12.0. The first kappa shape index (κ1) is 15.5. The number of benzene rings is 1. The van der Waals surface area contributed by atoms with Gasteiger partial charge >= 0.3 is 0 Å². The molecule has 0 spiro atoms. The van der Waals surface area contributed by atoms with Gasteiger partial charge in [-0.1, -0.05) is 18.2 Å². The van der Waals surface area contributed by atoms with Crippen molar-refractivity contribution in [3.05, 3.63) is 29.8 Å². The van der Waals surface area contributed by atoms with Gasteiger partial charge in [0.25, 0.3) is 5.91 Å². The summed E-state index contributed by atoms with van der Waals surface area (Å²) in [6.07, 6.45) is 0.808. The van der Waals surface area contributed by atoms with Crippen LogP contribution >= 0.6 is 0 Å². The summed E-state index contributed by atoms with van der Waals surface area (Å²) in [6, 6.07) is 7.84. The molecule has 0 saturated carbocycles. The highest BCUT2D eigenvalue weighted by atomic mass is 16.5. The summed E-state index contributed by atoms with van der Waals surface area (Å²) in [4.78, 5) is 13.5. The molecule has 0 saturated heterocycles. The highest BCUT2D eigenvalue weighted by Crippen LogP contribution is 2.20. The van der Waals surface area contributed by atoms with E-state index in [1.54, 1.807) is 7.11 Å². The molecule has 3 N–H and O–H groups in total. The maximum Gasteiger partial charge on any atom is 0.250 e. The zero-order valence-corrected chi connectivity index (χ0v) is 12.0. The fraction of sp³-hybridized carbons (Fsp3) is 0.500. The second-order valence-electron chi connectivity index (χ2n) is 4.72. The van der Waals surface area contributed by atoms with Crippen LogP contribution in [0.3, 0.4) is 0 Å². The van der Waals surface area contributed by atoms with E-state index in [2.05, 4.69) is 12.3 Å². The molecule has 1 aromatic rings. The number of nitrogens with one attached hydrogen (secondary N) is 1. The van der Waals surface area contributed by atoms with Crippen molar-refractivity contribution in [3.63, 3.8) is 0 Å². The molecule has 0 heterocycles. The monoisotopic (exact) mass is 265 g/mol. The van der Waals surface area contributed by atoms with E-state index in [0.717, 1.165) is 17.7 Å². The van der Waals surface area contributed by atoms with Crippen LogP contribution in [-0.4, -0.2) is 37.0 Å². The molecule has 5 heteroatoms. The van der Waals surface area contributed by atoms with E-state index in [4.69, 9.17) is 10.6 Å². The lowest BCUT2D eigenvalue weighted by Gasteiger charge is -2.29. The molecule has 0 radical (unpaired) electrons. The minimum atomic E-state index is -0.269. The average molecular weight is 265 g/mol. The third-order valence-corrected chi connectivity index (χ3v) is 3.54. The number of hydrogen-bond acceptors (Lipinski definition) is 4. The van der Waals surface area contributed by atoms with Gasteiger partial charge in [-0.2, -0.15) is 0 Å². The van der Waals surface area contributed by atoms with Gasteiger partial charge in [0.15, 0.2) is 0 Å². The summed E-state index contributed by atoms with van der Waals surface area (Å²) >= 11 is 0. The van der Waals surface area contributed by atoms with Gasteiger partial charge in [-0.05, 0) is 38.9 Å². The summed E-state index contributed by atoms with van der Waals surface area (Å²) in [5.41, 5.74) is 3.31. The van der Waals surface area contributed by atoms with Crippen molar-refractivity contribution in [2.75, 3.05) is 14.2 Å². The molecule has 1 amide bonds. The van der Waals surface area contributed by atoms with Crippen LogP contribution in [0.15, 0.2) is 24.3 Å². The van der Waals surface area contributed by atoms with Gasteiger partial charge in [0, 0.05) is 6.04 Å². The number of hydrogen-bond donors (Lipinski definition) is 2. The van der Waals surface area contributed by atoms with E-state index in [9.17, 15) is 4.79 Å². The van der Waals surface area contributed by atoms with Crippen LogP contribution in [-0.2, 0) is 11.2 Å². The number of amides is 1. The summed E-state index contributed by atoms with van der Waals surface area (Å²) in [7, 11) is 3.58. The highest BCUT2D eigenvalue weighted by Gasteiger charge is 2.22. The predicted octanol–water partition coefficient (Wildman–Crippen LogP) is 0.936. The Morgan fingerprint density at radius 2 is 2.05 bits per heavy atom. The zero-order chi connectivity index (χ0) is 14.4. The SMILES string of the molecule is COc1ccccc1CC(C)N(C)C(C)C(=O)NN. The summed E-state index contributed by atoms with van der Waals surface area (Å²) in [5.74, 6) is 5.85. The van der Waals surface area contributed by atoms with E-state index < -0.39 is 0 Å². The van der Waals surface area contributed by atoms with Crippen molar-refractivity contribution in [3.8, 4) is 5.75 Å². The van der Waals surface area contributed by atoms with Crippen molar-refractivity contribution < 1.29 is 9.53 Å². The Hall–Kier alpha value is -1.59. The molecule has 1 aromatic carbocycles. The van der Waals surface area contributed by atoms with Gasteiger partial charge < -0.3 is 4.74 Å². The lowest BCUT2D eigenvalue weighted by atomic mass is 10.0. The number of nitrogens with zero attached hydrogens (tertiary/aromatic N) is 1.